The molecule has 0 aliphatic carbocycles. The molecular formula is C15H24N4O2S. The minimum Gasteiger partial charge on any atom is -0.324 e. The van der Waals surface area contributed by atoms with Crippen LogP contribution in [-0.4, -0.2) is 46.5 Å². The molecule has 6 nitrogen and oxygen atoms in total. The summed E-state index contributed by atoms with van der Waals surface area (Å²) in [5.41, 5.74) is 1.44. The summed E-state index contributed by atoms with van der Waals surface area (Å²) < 4.78 is 27.3. The average molecular weight is 324 g/mol. The van der Waals surface area contributed by atoms with Gasteiger partial charge in [0.05, 0.1) is 12.2 Å². The van der Waals surface area contributed by atoms with Gasteiger partial charge in [-0.1, -0.05) is 26.8 Å². The van der Waals surface area contributed by atoms with Gasteiger partial charge in [-0.3, -0.25) is 4.99 Å². The highest BCUT2D eigenvalue weighted by Crippen LogP contribution is 2.31. The molecule has 0 saturated heterocycles. The summed E-state index contributed by atoms with van der Waals surface area (Å²) in [5.74, 6) is 0.276. The van der Waals surface area contributed by atoms with Crippen molar-refractivity contribution < 1.29 is 8.42 Å². The first-order valence-corrected chi connectivity index (χ1v) is 8.71. The third-order valence-corrected chi connectivity index (χ3v) is 4.82. The van der Waals surface area contributed by atoms with Crippen molar-refractivity contribution in [1.82, 2.24) is 9.62 Å². The number of nitrogens with zero attached hydrogens (tertiary/aromatic N) is 2. The van der Waals surface area contributed by atoms with Gasteiger partial charge < -0.3 is 10.2 Å². The molecule has 0 fully saturated rings. The average Bonchev–Trinajstić information content (AvgIpc) is 2.36. The summed E-state index contributed by atoms with van der Waals surface area (Å²) in [6.07, 6.45) is 0. The number of anilines is 1. The Morgan fingerprint density at radius 2 is 1.91 bits per heavy atom. The third-order valence-electron chi connectivity index (χ3n) is 3.44. The van der Waals surface area contributed by atoms with Gasteiger partial charge in [-0.15, -0.1) is 0 Å². The summed E-state index contributed by atoms with van der Waals surface area (Å²) in [7, 11) is 0.311. The lowest BCUT2D eigenvalue weighted by atomic mass is 9.87. The summed E-state index contributed by atoms with van der Waals surface area (Å²) >= 11 is 0. The lowest BCUT2D eigenvalue weighted by Crippen LogP contribution is -2.41. The molecule has 0 unspecified atom stereocenters. The number of guanidine groups is 1. The molecule has 22 heavy (non-hydrogen) atoms. The molecule has 1 aliphatic rings. The Balaban J connectivity index is 2.33. The van der Waals surface area contributed by atoms with Crippen molar-refractivity contribution >= 4 is 21.7 Å². The van der Waals surface area contributed by atoms with Crippen LogP contribution in [0.1, 0.15) is 26.3 Å². The van der Waals surface area contributed by atoms with E-state index in [0.717, 1.165) is 12.1 Å². The first kappa shape index (κ1) is 16.8. The molecule has 1 aromatic carbocycles. The lowest BCUT2D eigenvalue weighted by Gasteiger charge is -2.25. The number of benzene rings is 1. The smallest absolute Gasteiger partial charge is 0.266 e. The van der Waals surface area contributed by atoms with E-state index in [1.165, 1.54) is 0 Å². The molecule has 2 rings (SSSR count). The maximum atomic E-state index is 12.4. The number of likely N-dealkylation sites (N-methyl/N-ethyl adjacent to an activating group) is 1. The zero-order chi connectivity index (χ0) is 16.5. The molecule has 0 amide bonds. The van der Waals surface area contributed by atoms with Gasteiger partial charge >= 0.3 is 0 Å². The molecule has 1 aliphatic heterocycles. The van der Waals surface area contributed by atoms with Crippen LogP contribution in [0.2, 0.25) is 0 Å². The van der Waals surface area contributed by atoms with Gasteiger partial charge in [-0.2, -0.15) is 0 Å². The number of nitrogens with one attached hydrogen (secondary N) is 2. The van der Waals surface area contributed by atoms with Gasteiger partial charge in [0, 0.05) is 6.54 Å². The standard InChI is InChI=1S/C15H24N4O2S/c1-15(2,3)11-6-7-12-13(10-11)22(20,21)18-14(17-12)16-8-9-19(4)5/h6-7,10H,8-9H2,1-5H3,(H2,16,17,18). The highest BCUT2D eigenvalue weighted by Gasteiger charge is 2.28. The summed E-state index contributed by atoms with van der Waals surface area (Å²) in [4.78, 5) is 6.52. The summed E-state index contributed by atoms with van der Waals surface area (Å²) in [6.45, 7) is 7.44. The Morgan fingerprint density at radius 3 is 2.50 bits per heavy atom. The SMILES string of the molecule is CN(C)CCN=C1Nc2ccc(C(C)(C)C)cc2S(=O)(=O)N1. The molecular weight excluding hydrogens is 300 g/mol. The van der Waals surface area contributed by atoms with Crippen molar-refractivity contribution in [3.63, 3.8) is 0 Å². The number of hydrogen-bond donors (Lipinski definition) is 2. The number of fused-ring (bicyclic) bond motifs is 1. The fourth-order valence-corrected chi connectivity index (χ4v) is 3.25. The van der Waals surface area contributed by atoms with Crippen LogP contribution in [0.4, 0.5) is 5.69 Å². The predicted molar refractivity (Wildman–Crippen MR) is 89.9 cm³/mol. The summed E-state index contributed by atoms with van der Waals surface area (Å²) in [5, 5.41) is 3.05. The van der Waals surface area contributed by atoms with E-state index < -0.39 is 10.0 Å². The van der Waals surface area contributed by atoms with Crippen LogP contribution in [0.25, 0.3) is 0 Å². The maximum absolute atomic E-state index is 12.4. The highest BCUT2D eigenvalue weighted by atomic mass is 32.2. The van der Waals surface area contributed by atoms with Gasteiger partial charge in [0.25, 0.3) is 10.0 Å². The van der Waals surface area contributed by atoms with Crippen molar-refractivity contribution in [3.05, 3.63) is 23.8 Å². The fraction of sp³-hybridized carbons (Fsp3) is 0.533. The topological polar surface area (TPSA) is 73.8 Å². The zero-order valence-electron chi connectivity index (χ0n) is 13.8. The van der Waals surface area contributed by atoms with Crippen LogP contribution in [0.15, 0.2) is 28.1 Å². The highest BCUT2D eigenvalue weighted by molar-refractivity contribution is 7.90. The Morgan fingerprint density at radius 1 is 1.23 bits per heavy atom. The van der Waals surface area contributed by atoms with Crippen molar-refractivity contribution in [1.29, 1.82) is 0 Å². The van der Waals surface area contributed by atoms with Gasteiger partial charge in [0.2, 0.25) is 5.96 Å². The summed E-state index contributed by atoms with van der Waals surface area (Å²) in [6, 6.07) is 5.47. The molecule has 2 N–H and O–H groups in total. The van der Waals surface area contributed by atoms with Crippen LogP contribution in [0.3, 0.4) is 0 Å². The fourth-order valence-electron chi connectivity index (χ4n) is 2.08. The molecule has 122 valence electrons. The van der Waals surface area contributed by atoms with Crippen molar-refractivity contribution in [2.75, 3.05) is 32.5 Å². The minimum atomic E-state index is -3.58. The van der Waals surface area contributed by atoms with Gasteiger partial charge in [0.1, 0.15) is 4.90 Å². The van der Waals surface area contributed by atoms with Gasteiger partial charge in [-0.05, 0) is 37.2 Å². The second-order valence-electron chi connectivity index (χ2n) is 6.73. The van der Waals surface area contributed by atoms with Crippen LogP contribution in [-0.2, 0) is 15.4 Å². The van der Waals surface area contributed by atoms with Crippen molar-refractivity contribution in [2.45, 2.75) is 31.1 Å². The van der Waals surface area contributed by atoms with Crippen molar-refractivity contribution in [2.24, 2.45) is 4.99 Å². The molecule has 0 atom stereocenters. The van der Waals surface area contributed by atoms with E-state index in [4.69, 9.17) is 0 Å². The van der Waals surface area contributed by atoms with E-state index in [0.29, 0.717) is 12.2 Å². The van der Waals surface area contributed by atoms with Gasteiger partial charge in [0.15, 0.2) is 0 Å². The molecule has 1 heterocycles. The quantitative estimate of drug-likeness (QED) is 0.886. The number of rotatable bonds is 3. The Kier molecular flexibility index (Phi) is 4.49. The minimum absolute atomic E-state index is 0.107. The van der Waals surface area contributed by atoms with E-state index in [1.807, 2.05) is 25.1 Å². The Labute approximate surface area is 132 Å². The van der Waals surface area contributed by atoms with Gasteiger partial charge in [-0.25, -0.2) is 13.1 Å². The van der Waals surface area contributed by atoms with E-state index in [1.54, 1.807) is 12.1 Å². The molecule has 0 radical (unpaired) electrons. The first-order chi connectivity index (χ1) is 10.1. The van der Waals surface area contributed by atoms with Crippen LogP contribution in [0, 0.1) is 0 Å². The molecule has 0 spiro atoms. The van der Waals surface area contributed by atoms with E-state index in [9.17, 15) is 8.42 Å². The number of hydrogen-bond acceptors (Lipinski definition) is 4. The predicted octanol–water partition coefficient (Wildman–Crippen LogP) is 1.61. The zero-order valence-corrected chi connectivity index (χ0v) is 14.6. The second-order valence-corrected chi connectivity index (χ2v) is 8.38. The van der Waals surface area contributed by atoms with Crippen LogP contribution in [0.5, 0.6) is 0 Å². The van der Waals surface area contributed by atoms with Crippen LogP contribution >= 0.6 is 0 Å². The third kappa shape index (κ3) is 3.78. The van der Waals surface area contributed by atoms with E-state index >= 15 is 0 Å². The largest absolute Gasteiger partial charge is 0.324 e. The van der Waals surface area contributed by atoms with Crippen molar-refractivity contribution in [3.8, 4) is 0 Å². The number of sulfonamides is 1. The molecule has 0 saturated carbocycles. The first-order valence-electron chi connectivity index (χ1n) is 7.23. The van der Waals surface area contributed by atoms with E-state index in [-0.39, 0.29) is 16.3 Å². The Bertz CT molecular complexity index is 688. The molecule has 1 aromatic rings. The Hall–Kier alpha value is -1.60. The number of aliphatic imine (C=N–C) groups is 1. The van der Waals surface area contributed by atoms with E-state index in [2.05, 4.69) is 35.8 Å². The molecule has 0 aromatic heterocycles. The second kappa shape index (κ2) is 5.89. The maximum Gasteiger partial charge on any atom is 0.266 e. The lowest BCUT2D eigenvalue weighted by molar-refractivity contribution is 0.420. The monoisotopic (exact) mass is 324 g/mol. The van der Waals surface area contributed by atoms with Crippen LogP contribution < -0.4 is 10.0 Å². The molecule has 7 heteroatoms. The normalized spacial score (nSPS) is 18.7. The molecule has 0 bridgehead atoms.